The third-order valence-corrected chi connectivity index (χ3v) is 14.8. The van der Waals surface area contributed by atoms with Crippen molar-refractivity contribution in [3.63, 3.8) is 0 Å². The fourth-order valence-corrected chi connectivity index (χ4v) is 9.73. The maximum Gasteiger partial charge on any atom is 0.306 e. The average Bonchev–Trinajstić information content (AvgIpc) is 3.34. The Morgan fingerprint density at radius 1 is 0.304 bits per heavy atom. The molecule has 6 heteroatoms. The number of rotatable bonds is 57. The summed E-state index contributed by atoms with van der Waals surface area (Å²) in [4.78, 5) is 38.2. The summed E-state index contributed by atoms with van der Waals surface area (Å²) in [6.45, 7) is 11.5. The van der Waals surface area contributed by atoms with Gasteiger partial charge in [-0.1, -0.05) is 317 Å². The number of esters is 3. The van der Waals surface area contributed by atoms with E-state index in [0.29, 0.717) is 19.3 Å². The number of carbonyl (C=O) groups excluding carboxylic acids is 3. The zero-order chi connectivity index (χ0) is 50.4. The Hall–Kier alpha value is -1.59. The minimum atomic E-state index is -0.763. The summed E-state index contributed by atoms with van der Waals surface area (Å²) in [5.74, 6) is 0.923. The molecule has 0 N–H and O–H groups in total. The molecule has 0 saturated heterocycles. The van der Waals surface area contributed by atoms with Gasteiger partial charge in [0.2, 0.25) is 0 Å². The largest absolute Gasteiger partial charge is 0.462 e. The molecule has 69 heavy (non-hydrogen) atoms. The first-order chi connectivity index (χ1) is 33.8. The van der Waals surface area contributed by atoms with Crippen LogP contribution in [0.15, 0.2) is 0 Å². The van der Waals surface area contributed by atoms with E-state index < -0.39 is 6.10 Å². The Bertz CT molecular complexity index is 1060. The molecule has 0 rings (SSSR count). The zero-order valence-corrected chi connectivity index (χ0v) is 47.5. The van der Waals surface area contributed by atoms with Gasteiger partial charge in [0, 0.05) is 19.3 Å². The second-order valence-electron chi connectivity index (χ2n) is 22.4. The molecule has 1 unspecified atom stereocenters. The van der Waals surface area contributed by atoms with Crippen LogP contribution in [-0.4, -0.2) is 37.2 Å². The van der Waals surface area contributed by atoms with Crippen LogP contribution in [0.3, 0.4) is 0 Å². The molecular weight excluding hydrogens is 853 g/mol. The first kappa shape index (κ1) is 67.4. The van der Waals surface area contributed by atoms with Gasteiger partial charge in [-0.15, -0.1) is 0 Å². The third kappa shape index (κ3) is 55.6. The smallest absolute Gasteiger partial charge is 0.306 e. The summed E-state index contributed by atoms with van der Waals surface area (Å²) in [6, 6.07) is 0. The molecule has 0 aliphatic carbocycles. The third-order valence-electron chi connectivity index (χ3n) is 14.8. The number of hydrogen-bond acceptors (Lipinski definition) is 6. The van der Waals surface area contributed by atoms with Gasteiger partial charge < -0.3 is 14.2 Å². The van der Waals surface area contributed by atoms with E-state index >= 15 is 0 Å². The van der Waals surface area contributed by atoms with Crippen LogP contribution in [0.5, 0.6) is 0 Å². The topological polar surface area (TPSA) is 78.9 Å². The normalized spacial score (nSPS) is 12.4. The van der Waals surface area contributed by atoms with Gasteiger partial charge in [0.25, 0.3) is 0 Å². The number of hydrogen-bond donors (Lipinski definition) is 0. The van der Waals surface area contributed by atoms with Gasteiger partial charge in [-0.05, 0) is 31.1 Å². The molecule has 0 bridgehead atoms. The highest BCUT2D eigenvalue weighted by atomic mass is 16.6. The molecule has 0 aromatic carbocycles. The Morgan fingerprint density at radius 2 is 0.551 bits per heavy atom. The minimum Gasteiger partial charge on any atom is -0.462 e. The van der Waals surface area contributed by atoms with Crippen LogP contribution in [0, 0.1) is 11.8 Å². The van der Waals surface area contributed by atoms with Crippen molar-refractivity contribution in [2.24, 2.45) is 11.8 Å². The van der Waals surface area contributed by atoms with Crippen molar-refractivity contribution in [1.29, 1.82) is 0 Å². The van der Waals surface area contributed by atoms with E-state index in [2.05, 4.69) is 34.6 Å². The quantitative estimate of drug-likeness (QED) is 0.0343. The molecule has 0 amide bonds. The van der Waals surface area contributed by atoms with Crippen LogP contribution in [0.4, 0.5) is 0 Å². The van der Waals surface area contributed by atoms with Gasteiger partial charge >= 0.3 is 17.9 Å². The molecular formula is C63H122O6. The molecule has 0 aliphatic heterocycles. The molecule has 0 saturated carbocycles. The van der Waals surface area contributed by atoms with E-state index in [4.69, 9.17) is 14.2 Å². The Morgan fingerprint density at radius 3 is 0.826 bits per heavy atom. The van der Waals surface area contributed by atoms with Gasteiger partial charge in [-0.2, -0.15) is 0 Å². The van der Waals surface area contributed by atoms with E-state index in [-0.39, 0.29) is 31.1 Å². The van der Waals surface area contributed by atoms with Gasteiger partial charge in [0.15, 0.2) is 6.10 Å². The van der Waals surface area contributed by atoms with Crippen LogP contribution in [0.2, 0.25) is 0 Å². The molecule has 2 atom stereocenters. The lowest BCUT2D eigenvalue weighted by Gasteiger charge is -2.18. The predicted octanol–water partition coefficient (Wildman–Crippen LogP) is 20.8. The van der Waals surface area contributed by atoms with E-state index in [9.17, 15) is 14.4 Å². The number of ether oxygens (including phenoxy) is 3. The molecule has 0 spiro atoms. The summed E-state index contributed by atoms with van der Waals surface area (Å²) in [7, 11) is 0. The van der Waals surface area contributed by atoms with Crippen LogP contribution < -0.4 is 0 Å². The monoisotopic (exact) mass is 975 g/mol. The molecule has 0 aliphatic rings. The number of carbonyl (C=O) groups is 3. The highest BCUT2D eigenvalue weighted by Crippen LogP contribution is 2.19. The fraction of sp³-hybridized carbons (Fsp3) is 0.952. The lowest BCUT2D eigenvalue weighted by Crippen LogP contribution is -2.30. The Labute approximate surface area is 431 Å². The van der Waals surface area contributed by atoms with E-state index in [1.54, 1.807) is 0 Å². The average molecular weight is 976 g/mol. The van der Waals surface area contributed by atoms with Crippen molar-refractivity contribution in [3.05, 3.63) is 0 Å². The summed E-state index contributed by atoms with van der Waals surface area (Å²) in [5.41, 5.74) is 0. The molecule has 0 heterocycles. The molecule has 410 valence electrons. The SMILES string of the molecule is CCCCCCCCCCCCCC(=O)OC[C@@H](COC(=O)CCCCCCCCCCCCCCCCCCCCC(C)CC)OC(=O)CCCCCCCCCCCCCCCCCC(C)C. The first-order valence-corrected chi connectivity index (χ1v) is 31.3. The van der Waals surface area contributed by atoms with Gasteiger partial charge in [-0.25, -0.2) is 0 Å². The molecule has 6 nitrogen and oxygen atoms in total. The highest BCUT2D eigenvalue weighted by Gasteiger charge is 2.19. The Balaban J connectivity index is 4.21. The van der Waals surface area contributed by atoms with Crippen LogP contribution in [0.25, 0.3) is 0 Å². The lowest BCUT2D eigenvalue weighted by atomic mass is 9.99. The number of unbranched alkanes of at least 4 members (excludes halogenated alkanes) is 41. The van der Waals surface area contributed by atoms with Gasteiger partial charge in [0.05, 0.1) is 0 Å². The van der Waals surface area contributed by atoms with Crippen molar-refractivity contribution in [1.82, 2.24) is 0 Å². The standard InChI is InChI=1S/C63H122O6/c1-6-8-9-10-11-12-26-33-38-43-48-53-61(64)67-56-60(69-63(66)55-50-45-40-35-30-25-21-17-18-22-27-31-36-41-46-51-58(3)4)57-68-62(65)54-49-44-39-34-29-24-20-16-14-13-15-19-23-28-32-37-42-47-52-59(5)7-2/h58-60H,6-57H2,1-5H3/t59?,60-/m0/s1. The summed E-state index contributed by atoms with van der Waals surface area (Å²) >= 11 is 0. The fourth-order valence-electron chi connectivity index (χ4n) is 9.73. The predicted molar refractivity (Wildman–Crippen MR) is 298 cm³/mol. The summed E-state index contributed by atoms with van der Waals surface area (Å²) in [6.07, 6.45) is 61.0. The minimum absolute atomic E-state index is 0.0620. The van der Waals surface area contributed by atoms with E-state index in [0.717, 1.165) is 69.6 Å². The molecule has 0 aromatic heterocycles. The second kappa shape index (κ2) is 55.7. The van der Waals surface area contributed by atoms with Crippen molar-refractivity contribution in [3.8, 4) is 0 Å². The summed E-state index contributed by atoms with van der Waals surface area (Å²) in [5, 5.41) is 0. The molecule has 0 fully saturated rings. The van der Waals surface area contributed by atoms with Gasteiger partial charge in [-0.3, -0.25) is 14.4 Å². The van der Waals surface area contributed by atoms with Crippen molar-refractivity contribution in [2.75, 3.05) is 13.2 Å². The van der Waals surface area contributed by atoms with Crippen molar-refractivity contribution < 1.29 is 28.6 Å². The second-order valence-corrected chi connectivity index (χ2v) is 22.4. The van der Waals surface area contributed by atoms with Crippen molar-refractivity contribution in [2.45, 2.75) is 362 Å². The van der Waals surface area contributed by atoms with Crippen LogP contribution in [0.1, 0.15) is 356 Å². The molecule has 0 aromatic rings. The molecule has 0 radical (unpaired) electrons. The highest BCUT2D eigenvalue weighted by molar-refractivity contribution is 5.71. The maximum absolute atomic E-state index is 12.9. The Kier molecular flexibility index (Phi) is 54.4. The lowest BCUT2D eigenvalue weighted by molar-refractivity contribution is -0.167. The van der Waals surface area contributed by atoms with Crippen LogP contribution in [-0.2, 0) is 28.6 Å². The summed E-state index contributed by atoms with van der Waals surface area (Å²) < 4.78 is 16.9. The van der Waals surface area contributed by atoms with E-state index in [1.165, 1.54) is 244 Å². The van der Waals surface area contributed by atoms with Crippen LogP contribution >= 0.6 is 0 Å². The maximum atomic E-state index is 12.9. The van der Waals surface area contributed by atoms with Gasteiger partial charge in [0.1, 0.15) is 13.2 Å². The zero-order valence-electron chi connectivity index (χ0n) is 47.5. The van der Waals surface area contributed by atoms with Crippen molar-refractivity contribution >= 4 is 17.9 Å². The first-order valence-electron chi connectivity index (χ1n) is 31.3. The van der Waals surface area contributed by atoms with E-state index in [1.807, 2.05) is 0 Å².